The summed E-state index contributed by atoms with van der Waals surface area (Å²) in [5.74, 6) is 0.690. The van der Waals surface area contributed by atoms with Gasteiger partial charge in [0.25, 0.3) is 0 Å². The average molecular weight is 730 g/mol. The minimum atomic E-state index is 0.690. The van der Waals surface area contributed by atoms with Gasteiger partial charge in [-0.2, -0.15) is 0 Å². The number of para-hydroxylation sites is 3. The van der Waals surface area contributed by atoms with E-state index in [2.05, 4.69) is 144 Å². The van der Waals surface area contributed by atoms with Crippen molar-refractivity contribution in [2.45, 2.75) is 0 Å². The van der Waals surface area contributed by atoms with Crippen LogP contribution in [-0.4, -0.2) is 14.5 Å². The van der Waals surface area contributed by atoms with Crippen molar-refractivity contribution in [3.8, 4) is 50.7 Å². The first kappa shape index (κ1) is 31.6. The summed E-state index contributed by atoms with van der Waals surface area (Å²) >= 11 is 0. The first-order valence-corrected chi connectivity index (χ1v) is 19.2. The molecule has 0 radical (unpaired) electrons. The molecule has 0 aliphatic rings. The van der Waals surface area contributed by atoms with Crippen LogP contribution in [0.15, 0.2) is 197 Å². The minimum Gasteiger partial charge on any atom is -0.456 e. The summed E-state index contributed by atoms with van der Waals surface area (Å²) in [6, 6.07) is 65.4. The number of benzene rings is 8. The third-order valence-electron chi connectivity index (χ3n) is 11.2. The van der Waals surface area contributed by atoms with Gasteiger partial charge in [-0.25, -0.2) is 9.97 Å². The Kier molecular flexibility index (Phi) is 6.86. The maximum atomic E-state index is 6.74. The molecule has 0 bridgehead atoms. The normalized spacial score (nSPS) is 11.9. The fourth-order valence-corrected chi connectivity index (χ4v) is 8.71. The highest BCUT2D eigenvalue weighted by atomic mass is 16.3. The molecule has 4 aromatic heterocycles. The predicted molar refractivity (Wildman–Crippen MR) is 233 cm³/mol. The quantitative estimate of drug-likeness (QED) is 0.177. The SMILES string of the molecule is c1ccc(-c2cc(-c3cccc4c3c3ccccc3n4-c3cc(-c4cccc5oc6ccccc6c45)c4oc5ccccc5c4c3)nc(-c3ccccc3)n2)cc1. The van der Waals surface area contributed by atoms with Crippen LogP contribution >= 0.6 is 0 Å². The second-order valence-corrected chi connectivity index (χ2v) is 14.5. The number of aromatic nitrogens is 3. The number of hydrogen-bond donors (Lipinski definition) is 0. The Bertz CT molecular complexity index is 3460. The zero-order valence-electron chi connectivity index (χ0n) is 30.6. The van der Waals surface area contributed by atoms with Crippen LogP contribution in [-0.2, 0) is 0 Å². The summed E-state index contributed by atoms with van der Waals surface area (Å²) in [4.78, 5) is 10.4. The summed E-state index contributed by atoms with van der Waals surface area (Å²) in [6.45, 7) is 0. The second-order valence-electron chi connectivity index (χ2n) is 14.5. The van der Waals surface area contributed by atoms with Crippen molar-refractivity contribution >= 4 is 65.7 Å². The smallest absolute Gasteiger partial charge is 0.160 e. The van der Waals surface area contributed by atoms with Crippen molar-refractivity contribution in [3.05, 3.63) is 188 Å². The van der Waals surface area contributed by atoms with Crippen LogP contribution in [0.2, 0.25) is 0 Å². The highest BCUT2D eigenvalue weighted by Crippen LogP contribution is 2.45. The van der Waals surface area contributed by atoms with Gasteiger partial charge in [-0.3, -0.25) is 0 Å². The lowest BCUT2D eigenvalue weighted by Gasteiger charge is -2.13. The standard InChI is InChI=1S/C52H31N3O2/c1-3-15-32(16-4-1)42-31-43(54-52(53-42)33-17-5-2-6-18-33)37-23-13-25-45-49(37)38-20-7-10-24-44(38)55(45)34-29-40-35-19-8-11-26-46(35)57-51(40)41(30-34)36-22-14-28-48-50(36)39-21-9-12-27-47(39)56-48/h1-31H. The maximum Gasteiger partial charge on any atom is 0.160 e. The van der Waals surface area contributed by atoms with E-state index >= 15 is 0 Å². The third-order valence-corrected chi connectivity index (χ3v) is 11.2. The minimum absolute atomic E-state index is 0.690. The van der Waals surface area contributed by atoms with Crippen molar-refractivity contribution in [1.82, 2.24) is 14.5 Å². The zero-order chi connectivity index (χ0) is 37.5. The van der Waals surface area contributed by atoms with Crippen molar-refractivity contribution in [3.63, 3.8) is 0 Å². The summed E-state index contributed by atoms with van der Waals surface area (Å²) in [5.41, 5.74) is 13.5. The molecule has 12 rings (SSSR count). The van der Waals surface area contributed by atoms with E-state index in [1.165, 1.54) is 0 Å². The molecule has 266 valence electrons. The average Bonchev–Trinajstić information content (AvgIpc) is 3.96. The Labute approximate surface area is 326 Å². The molecule has 8 aromatic carbocycles. The van der Waals surface area contributed by atoms with Gasteiger partial charge in [-0.1, -0.05) is 140 Å². The molecule has 0 aliphatic heterocycles. The molecule has 4 heterocycles. The molecule has 0 unspecified atom stereocenters. The molecule has 0 N–H and O–H groups in total. The predicted octanol–water partition coefficient (Wildman–Crippen LogP) is 14.0. The van der Waals surface area contributed by atoms with Crippen LogP contribution in [0.5, 0.6) is 0 Å². The maximum absolute atomic E-state index is 6.74. The van der Waals surface area contributed by atoms with E-state index in [4.69, 9.17) is 18.8 Å². The number of hydrogen-bond acceptors (Lipinski definition) is 4. The topological polar surface area (TPSA) is 57.0 Å². The summed E-state index contributed by atoms with van der Waals surface area (Å²) < 4.78 is 15.5. The van der Waals surface area contributed by atoms with Crippen molar-refractivity contribution in [2.24, 2.45) is 0 Å². The van der Waals surface area contributed by atoms with Gasteiger partial charge < -0.3 is 13.4 Å². The van der Waals surface area contributed by atoms with Gasteiger partial charge in [0.05, 0.1) is 22.4 Å². The van der Waals surface area contributed by atoms with E-state index < -0.39 is 0 Å². The van der Waals surface area contributed by atoms with Gasteiger partial charge in [0.15, 0.2) is 5.82 Å². The molecular weight excluding hydrogens is 699 g/mol. The number of furan rings is 2. The third kappa shape index (κ3) is 4.89. The largest absolute Gasteiger partial charge is 0.456 e. The Balaban J connectivity index is 1.16. The van der Waals surface area contributed by atoms with Crippen LogP contribution in [0.1, 0.15) is 0 Å². The molecule has 0 saturated heterocycles. The van der Waals surface area contributed by atoms with E-state index in [-0.39, 0.29) is 0 Å². The van der Waals surface area contributed by atoms with Crippen molar-refractivity contribution < 1.29 is 8.83 Å². The summed E-state index contributed by atoms with van der Waals surface area (Å²) in [5, 5.41) is 6.56. The molecule has 0 fully saturated rings. The molecule has 12 aromatic rings. The molecule has 57 heavy (non-hydrogen) atoms. The van der Waals surface area contributed by atoms with Crippen LogP contribution < -0.4 is 0 Å². The summed E-state index contributed by atoms with van der Waals surface area (Å²) in [7, 11) is 0. The van der Waals surface area contributed by atoms with Gasteiger partial charge in [0.2, 0.25) is 0 Å². The fourth-order valence-electron chi connectivity index (χ4n) is 8.71. The first-order chi connectivity index (χ1) is 28.3. The van der Waals surface area contributed by atoms with Crippen LogP contribution in [0, 0.1) is 0 Å². The molecule has 0 saturated carbocycles. The van der Waals surface area contributed by atoms with E-state index in [1.807, 2.05) is 48.5 Å². The fraction of sp³-hybridized carbons (Fsp3) is 0. The van der Waals surface area contributed by atoms with Crippen LogP contribution in [0.3, 0.4) is 0 Å². The molecule has 0 spiro atoms. The monoisotopic (exact) mass is 729 g/mol. The molecule has 0 aliphatic carbocycles. The van der Waals surface area contributed by atoms with E-state index in [0.29, 0.717) is 5.82 Å². The molecule has 5 heteroatoms. The van der Waals surface area contributed by atoms with Gasteiger partial charge in [0.1, 0.15) is 22.3 Å². The lowest BCUT2D eigenvalue weighted by atomic mass is 9.96. The van der Waals surface area contributed by atoms with Gasteiger partial charge >= 0.3 is 0 Å². The lowest BCUT2D eigenvalue weighted by Crippen LogP contribution is -1.97. The molecule has 0 atom stereocenters. The van der Waals surface area contributed by atoms with Gasteiger partial charge in [-0.15, -0.1) is 0 Å². The Morgan fingerprint density at radius 1 is 0.368 bits per heavy atom. The van der Waals surface area contributed by atoms with E-state index in [9.17, 15) is 0 Å². The lowest BCUT2D eigenvalue weighted by molar-refractivity contribution is 0.668. The first-order valence-electron chi connectivity index (χ1n) is 19.2. The highest BCUT2D eigenvalue weighted by molar-refractivity contribution is 6.19. The van der Waals surface area contributed by atoms with E-state index in [0.717, 1.165) is 111 Å². The zero-order valence-corrected chi connectivity index (χ0v) is 30.6. The molecular formula is C52H31N3O2. The van der Waals surface area contributed by atoms with Crippen molar-refractivity contribution in [2.75, 3.05) is 0 Å². The van der Waals surface area contributed by atoms with E-state index in [1.54, 1.807) is 0 Å². The molecule has 5 nitrogen and oxygen atoms in total. The summed E-state index contributed by atoms with van der Waals surface area (Å²) in [6.07, 6.45) is 0. The highest BCUT2D eigenvalue weighted by Gasteiger charge is 2.23. The number of fused-ring (bicyclic) bond motifs is 9. The van der Waals surface area contributed by atoms with Crippen molar-refractivity contribution in [1.29, 1.82) is 0 Å². The van der Waals surface area contributed by atoms with Gasteiger partial charge in [-0.05, 0) is 54.1 Å². The van der Waals surface area contributed by atoms with Gasteiger partial charge in [0, 0.05) is 60.3 Å². The number of rotatable bonds is 5. The second kappa shape index (κ2) is 12.4. The Morgan fingerprint density at radius 2 is 0.982 bits per heavy atom. The molecule has 0 amide bonds. The van der Waals surface area contributed by atoms with Crippen LogP contribution in [0.4, 0.5) is 0 Å². The number of nitrogens with zero attached hydrogens (tertiary/aromatic N) is 3. The Morgan fingerprint density at radius 3 is 1.81 bits per heavy atom. The Hall–Kier alpha value is -7.76. The van der Waals surface area contributed by atoms with Crippen LogP contribution in [0.25, 0.3) is 116 Å².